The molecule has 5 rings (SSSR count). The van der Waals surface area contributed by atoms with Crippen LogP contribution in [0.4, 0.5) is 0 Å². The minimum absolute atomic E-state index is 0.144. The summed E-state index contributed by atoms with van der Waals surface area (Å²) in [7, 11) is 0. The highest BCUT2D eigenvalue weighted by molar-refractivity contribution is 7.98. The van der Waals surface area contributed by atoms with Gasteiger partial charge in [0.1, 0.15) is 5.52 Å². The molecule has 1 amide bonds. The number of aromatic nitrogens is 4. The van der Waals surface area contributed by atoms with Gasteiger partial charge in [-0.3, -0.25) is 4.79 Å². The molecule has 8 heteroatoms. The Balaban J connectivity index is 1.29. The maximum Gasteiger partial charge on any atom is 0.257 e. The molecule has 0 aliphatic heterocycles. The van der Waals surface area contributed by atoms with Crippen molar-refractivity contribution in [1.29, 1.82) is 0 Å². The van der Waals surface area contributed by atoms with Gasteiger partial charge in [-0.2, -0.15) is 5.10 Å². The zero-order valence-electron chi connectivity index (χ0n) is 17.0. The number of fused-ring (bicyclic) bond motifs is 1. The summed E-state index contributed by atoms with van der Waals surface area (Å²) in [5.74, 6) is 1.12. The molecule has 158 valence electrons. The Kier molecular flexibility index (Phi) is 5.67. The van der Waals surface area contributed by atoms with Crippen LogP contribution in [0, 0.1) is 0 Å². The maximum atomic E-state index is 13.0. The van der Waals surface area contributed by atoms with E-state index in [-0.39, 0.29) is 5.91 Å². The van der Waals surface area contributed by atoms with Crippen molar-refractivity contribution in [3.05, 3.63) is 102 Å². The number of hydrogen-bond acceptors (Lipinski definition) is 6. The Morgan fingerprint density at radius 2 is 1.81 bits per heavy atom. The highest BCUT2D eigenvalue weighted by Gasteiger charge is 2.14. The number of rotatable bonds is 7. The molecule has 0 radical (unpaired) electrons. The monoisotopic (exact) mass is 441 g/mol. The van der Waals surface area contributed by atoms with Gasteiger partial charge >= 0.3 is 0 Å². The van der Waals surface area contributed by atoms with Crippen molar-refractivity contribution in [2.75, 3.05) is 0 Å². The van der Waals surface area contributed by atoms with E-state index in [1.54, 1.807) is 17.1 Å². The van der Waals surface area contributed by atoms with Gasteiger partial charge in [-0.15, -0.1) is 0 Å². The Morgan fingerprint density at radius 1 is 0.969 bits per heavy atom. The Labute approximate surface area is 188 Å². The van der Waals surface area contributed by atoms with Gasteiger partial charge in [0.15, 0.2) is 11.4 Å². The van der Waals surface area contributed by atoms with Crippen LogP contribution in [-0.2, 0) is 12.3 Å². The number of carbonyl (C=O) groups is 1. The first kappa shape index (κ1) is 20.0. The number of benzene rings is 2. The van der Waals surface area contributed by atoms with E-state index in [1.807, 2.05) is 72.9 Å². The number of pyridine rings is 1. The molecule has 0 spiro atoms. The third-order valence-electron chi connectivity index (χ3n) is 4.92. The second-order valence-electron chi connectivity index (χ2n) is 7.01. The van der Waals surface area contributed by atoms with Gasteiger partial charge in [0.2, 0.25) is 0 Å². The number of para-hydroxylation sites is 2. The average molecular weight is 442 g/mol. The molecule has 0 aliphatic rings. The third-order valence-corrected chi connectivity index (χ3v) is 5.79. The van der Waals surface area contributed by atoms with Crippen LogP contribution in [0.1, 0.15) is 21.5 Å². The first-order valence-electron chi connectivity index (χ1n) is 10.1. The van der Waals surface area contributed by atoms with Crippen molar-refractivity contribution in [2.45, 2.75) is 17.5 Å². The highest BCUT2D eigenvalue weighted by Crippen LogP contribution is 2.27. The van der Waals surface area contributed by atoms with Crippen molar-refractivity contribution < 1.29 is 9.21 Å². The van der Waals surface area contributed by atoms with E-state index in [0.29, 0.717) is 28.9 Å². The second kappa shape index (κ2) is 9.07. The van der Waals surface area contributed by atoms with E-state index in [9.17, 15) is 4.79 Å². The van der Waals surface area contributed by atoms with Crippen LogP contribution in [0.3, 0.4) is 0 Å². The predicted octanol–water partition coefficient (Wildman–Crippen LogP) is 4.63. The van der Waals surface area contributed by atoms with E-state index in [2.05, 4.69) is 20.4 Å². The molecule has 0 fully saturated rings. The molecule has 3 aromatic heterocycles. The summed E-state index contributed by atoms with van der Waals surface area (Å²) in [4.78, 5) is 21.9. The SMILES string of the molecule is O=C(NCc1cccnc1-n1cccn1)c1ccccc1CSc1nc2ccccc2o1. The number of amides is 1. The van der Waals surface area contributed by atoms with Crippen LogP contribution < -0.4 is 5.32 Å². The number of hydrogen-bond donors (Lipinski definition) is 1. The van der Waals surface area contributed by atoms with Gasteiger partial charge < -0.3 is 9.73 Å². The zero-order valence-corrected chi connectivity index (χ0v) is 17.8. The van der Waals surface area contributed by atoms with Crippen LogP contribution in [0.2, 0.25) is 0 Å². The first-order chi connectivity index (χ1) is 15.8. The van der Waals surface area contributed by atoms with Crippen LogP contribution in [0.5, 0.6) is 0 Å². The number of oxazole rings is 1. The summed E-state index contributed by atoms with van der Waals surface area (Å²) in [6.45, 7) is 0.342. The minimum atomic E-state index is -0.144. The Hall–Kier alpha value is -3.91. The lowest BCUT2D eigenvalue weighted by Crippen LogP contribution is -2.24. The summed E-state index contributed by atoms with van der Waals surface area (Å²) in [5.41, 5.74) is 4.00. The van der Waals surface area contributed by atoms with Gasteiger partial charge in [0.25, 0.3) is 11.1 Å². The fourth-order valence-electron chi connectivity index (χ4n) is 3.36. The third kappa shape index (κ3) is 4.26. The Bertz CT molecular complexity index is 1330. The molecule has 0 bridgehead atoms. The fraction of sp³-hybridized carbons (Fsp3) is 0.0833. The van der Waals surface area contributed by atoms with Crippen molar-refractivity contribution in [3.8, 4) is 5.82 Å². The maximum absolute atomic E-state index is 13.0. The lowest BCUT2D eigenvalue weighted by molar-refractivity contribution is 0.0950. The van der Waals surface area contributed by atoms with Gasteiger partial charge in [0.05, 0.1) is 0 Å². The summed E-state index contributed by atoms with van der Waals surface area (Å²) in [6, 6.07) is 20.8. The van der Waals surface area contributed by atoms with Gasteiger partial charge in [-0.05, 0) is 35.9 Å². The summed E-state index contributed by atoms with van der Waals surface area (Å²) >= 11 is 1.47. The standard InChI is InChI=1S/C24H19N5O2S/c30-23(26-15-17-8-5-12-25-22(17)29-14-6-13-27-29)19-9-2-1-7-18(19)16-32-24-28-20-10-3-4-11-21(20)31-24/h1-14H,15-16H2,(H,26,30). The van der Waals surface area contributed by atoms with Crippen molar-refractivity contribution in [3.63, 3.8) is 0 Å². The average Bonchev–Trinajstić information content (AvgIpc) is 3.51. The smallest absolute Gasteiger partial charge is 0.257 e. The molecular formula is C24H19N5O2S. The molecule has 2 aromatic carbocycles. The predicted molar refractivity (Wildman–Crippen MR) is 123 cm³/mol. The highest BCUT2D eigenvalue weighted by atomic mass is 32.2. The van der Waals surface area contributed by atoms with Crippen LogP contribution >= 0.6 is 11.8 Å². The lowest BCUT2D eigenvalue weighted by Gasteiger charge is -2.12. The van der Waals surface area contributed by atoms with Crippen LogP contribution in [-0.4, -0.2) is 25.7 Å². The molecule has 7 nitrogen and oxygen atoms in total. The van der Waals surface area contributed by atoms with Crippen molar-refractivity contribution in [2.24, 2.45) is 0 Å². The number of nitrogens with zero attached hydrogens (tertiary/aromatic N) is 4. The topological polar surface area (TPSA) is 85.8 Å². The van der Waals surface area contributed by atoms with Crippen LogP contribution in [0.15, 0.2) is 95.0 Å². The van der Waals surface area contributed by atoms with Crippen molar-refractivity contribution in [1.82, 2.24) is 25.1 Å². The normalized spacial score (nSPS) is 11.0. The van der Waals surface area contributed by atoms with Gasteiger partial charge in [-0.1, -0.05) is 48.2 Å². The molecule has 3 heterocycles. The number of nitrogens with one attached hydrogen (secondary N) is 1. The van der Waals surface area contributed by atoms with Gasteiger partial charge in [-0.25, -0.2) is 14.6 Å². The first-order valence-corrected chi connectivity index (χ1v) is 11.0. The molecule has 5 aromatic rings. The Morgan fingerprint density at radius 3 is 2.69 bits per heavy atom. The molecule has 0 saturated heterocycles. The summed E-state index contributed by atoms with van der Waals surface area (Å²) in [5, 5.41) is 7.83. The molecule has 0 unspecified atom stereocenters. The molecule has 0 saturated carbocycles. The molecule has 1 N–H and O–H groups in total. The molecule has 0 aliphatic carbocycles. The lowest BCUT2D eigenvalue weighted by atomic mass is 10.1. The number of carbonyl (C=O) groups excluding carboxylic acids is 1. The molecule has 32 heavy (non-hydrogen) atoms. The van der Waals surface area contributed by atoms with Gasteiger partial charge in [0, 0.05) is 42.0 Å². The summed E-state index contributed by atoms with van der Waals surface area (Å²) in [6.07, 6.45) is 5.23. The molecular weight excluding hydrogens is 422 g/mol. The van der Waals surface area contributed by atoms with E-state index in [4.69, 9.17) is 4.42 Å². The van der Waals surface area contributed by atoms with E-state index < -0.39 is 0 Å². The fourth-order valence-corrected chi connectivity index (χ4v) is 4.20. The van der Waals surface area contributed by atoms with E-state index in [0.717, 1.165) is 22.2 Å². The zero-order chi connectivity index (χ0) is 21.8. The van der Waals surface area contributed by atoms with Crippen molar-refractivity contribution >= 4 is 28.8 Å². The van der Waals surface area contributed by atoms with E-state index >= 15 is 0 Å². The largest absolute Gasteiger partial charge is 0.431 e. The van der Waals surface area contributed by atoms with E-state index in [1.165, 1.54) is 11.8 Å². The quantitative estimate of drug-likeness (QED) is 0.371. The summed E-state index contributed by atoms with van der Waals surface area (Å²) < 4.78 is 7.47. The molecule has 0 atom stereocenters. The second-order valence-corrected chi connectivity index (χ2v) is 7.94. The number of thioether (sulfide) groups is 1. The minimum Gasteiger partial charge on any atom is -0.431 e. The van der Waals surface area contributed by atoms with Crippen LogP contribution in [0.25, 0.3) is 16.9 Å².